The van der Waals surface area contributed by atoms with Crippen LogP contribution in [0.1, 0.15) is 11.1 Å². The zero-order valence-corrected chi connectivity index (χ0v) is 15.0. The molecule has 0 saturated heterocycles. The molecule has 0 aliphatic carbocycles. The highest BCUT2D eigenvalue weighted by atomic mass is 32.2. The van der Waals surface area contributed by atoms with Crippen molar-refractivity contribution in [2.75, 3.05) is 10.6 Å². The van der Waals surface area contributed by atoms with Crippen LogP contribution >= 0.6 is 0 Å². The Hall–Kier alpha value is -3.15. The van der Waals surface area contributed by atoms with Crippen molar-refractivity contribution < 1.29 is 17.8 Å². The highest BCUT2D eigenvalue weighted by Crippen LogP contribution is 2.20. The SMILES string of the molecule is Cc1cccc(C)c1N/C=C(/C#N)C(=O)Nc1ccc(S(=O)(=O)O)cc1. The maximum Gasteiger partial charge on any atom is 0.294 e. The summed E-state index contributed by atoms with van der Waals surface area (Å²) in [6, 6.07) is 12.5. The van der Waals surface area contributed by atoms with Gasteiger partial charge < -0.3 is 10.6 Å². The molecule has 134 valence electrons. The molecule has 0 saturated carbocycles. The second kappa shape index (κ2) is 7.82. The largest absolute Gasteiger partial charge is 0.360 e. The lowest BCUT2D eigenvalue weighted by molar-refractivity contribution is -0.112. The average Bonchev–Trinajstić information content (AvgIpc) is 2.57. The van der Waals surface area contributed by atoms with Crippen molar-refractivity contribution >= 4 is 27.4 Å². The van der Waals surface area contributed by atoms with E-state index in [1.54, 1.807) is 0 Å². The Morgan fingerprint density at radius 3 is 2.19 bits per heavy atom. The summed E-state index contributed by atoms with van der Waals surface area (Å²) in [5.41, 5.74) is 2.90. The summed E-state index contributed by atoms with van der Waals surface area (Å²) in [7, 11) is -4.30. The van der Waals surface area contributed by atoms with Gasteiger partial charge in [-0.15, -0.1) is 0 Å². The van der Waals surface area contributed by atoms with Gasteiger partial charge in [-0.2, -0.15) is 13.7 Å². The molecule has 0 aromatic heterocycles. The first-order valence-electron chi connectivity index (χ1n) is 7.54. The molecule has 0 fully saturated rings. The number of amides is 1. The molecule has 8 heteroatoms. The number of hydrogen-bond acceptors (Lipinski definition) is 5. The fraction of sp³-hybridized carbons (Fsp3) is 0.111. The summed E-state index contributed by atoms with van der Waals surface area (Å²) in [4.78, 5) is 11.9. The molecule has 3 N–H and O–H groups in total. The lowest BCUT2D eigenvalue weighted by Gasteiger charge is -2.10. The minimum Gasteiger partial charge on any atom is -0.360 e. The van der Waals surface area contributed by atoms with Crippen LogP contribution in [0, 0.1) is 25.2 Å². The number of anilines is 2. The molecule has 26 heavy (non-hydrogen) atoms. The highest BCUT2D eigenvalue weighted by molar-refractivity contribution is 7.85. The third-order valence-corrected chi connectivity index (χ3v) is 4.48. The number of carbonyl (C=O) groups is 1. The Balaban J connectivity index is 2.15. The summed E-state index contributed by atoms with van der Waals surface area (Å²) in [6.45, 7) is 3.82. The van der Waals surface area contributed by atoms with Crippen LogP contribution in [0.2, 0.25) is 0 Å². The molecule has 0 unspecified atom stereocenters. The van der Waals surface area contributed by atoms with Gasteiger partial charge in [-0.1, -0.05) is 18.2 Å². The third-order valence-electron chi connectivity index (χ3n) is 3.62. The predicted octanol–water partition coefficient (Wildman–Crippen LogP) is 3.01. The van der Waals surface area contributed by atoms with E-state index in [0.717, 1.165) is 28.9 Å². The standard InChI is InChI=1S/C18H17N3O4S/c1-12-4-3-5-13(2)17(12)20-11-14(10-19)18(22)21-15-6-8-16(9-7-15)26(23,24)25/h3-9,11,20H,1-2H3,(H,21,22)(H,23,24,25)/b14-11-. The van der Waals surface area contributed by atoms with E-state index in [-0.39, 0.29) is 16.2 Å². The number of para-hydroxylation sites is 1. The Bertz CT molecular complexity index is 983. The van der Waals surface area contributed by atoms with Crippen molar-refractivity contribution in [3.05, 3.63) is 65.4 Å². The van der Waals surface area contributed by atoms with E-state index in [1.165, 1.54) is 18.3 Å². The molecule has 0 bridgehead atoms. The van der Waals surface area contributed by atoms with Gasteiger partial charge in [0.05, 0.1) is 4.90 Å². The molecular formula is C18H17N3O4S. The van der Waals surface area contributed by atoms with E-state index in [4.69, 9.17) is 4.55 Å². The van der Waals surface area contributed by atoms with Crippen LogP contribution in [-0.4, -0.2) is 18.9 Å². The topological polar surface area (TPSA) is 119 Å². The zero-order chi connectivity index (χ0) is 19.3. The Kier molecular flexibility index (Phi) is 5.77. The molecule has 0 aliphatic heterocycles. The molecule has 0 radical (unpaired) electrons. The number of carbonyl (C=O) groups excluding carboxylic acids is 1. The van der Waals surface area contributed by atoms with Gasteiger partial charge in [0.1, 0.15) is 11.6 Å². The minimum absolute atomic E-state index is 0.147. The quantitative estimate of drug-likeness (QED) is 0.422. The molecule has 0 aliphatic rings. The molecule has 0 heterocycles. The van der Waals surface area contributed by atoms with Crippen molar-refractivity contribution in [1.82, 2.24) is 0 Å². The summed E-state index contributed by atoms with van der Waals surface area (Å²) in [6.07, 6.45) is 1.32. The van der Waals surface area contributed by atoms with Crippen LogP contribution in [0.5, 0.6) is 0 Å². The second-order valence-corrected chi connectivity index (χ2v) is 6.96. The molecule has 2 aromatic rings. The van der Waals surface area contributed by atoms with Crippen LogP contribution in [0.3, 0.4) is 0 Å². The lowest BCUT2D eigenvalue weighted by atomic mass is 10.1. The fourth-order valence-corrected chi connectivity index (χ4v) is 2.72. The van der Waals surface area contributed by atoms with E-state index in [1.807, 2.05) is 38.1 Å². The number of aryl methyl sites for hydroxylation is 2. The van der Waals surface area contributed by atoms with E-state index in [9.17, 15) is 18.5 Å². The summed E-state index contributed by atoms with van der Waals surface area (Å²) in [5.74, 6) is -0.647. The smallest absolute Gasteiger partial charge is 0.294 e. The van der Waals surface area contributed by atoms with Gasteiger partial charge in [0.2, 0.25) is 0 Å². The predicted molar refractivity (Wildman–Crippen MR) is 98.1 cm³/mol. The van der Waals surface area contributed by atoms with Gasteiger partial charge in [0.15, 0.2) is 0 Å². The lowest BCUT2D eigenvalue weighted by Crippen LogP contribution is -2.14. The van der Waals surface area contributed by atoms with Crippen molar-refractivity contribution in [3.63, 3.8) is 0 Å². The summed E-state index contributed by atoms with van der Waals surface area (Å²) < 4.78 is 30.9. The van der Waals surface area contributed by atoms with E-state index >= 15 is 0 Å². The van der Waals surface area contributed by atoms with Crippen LogP contribution in [0.25, 0.3) is 0 Å². The number of rotatable bonds is 5. The number of nitriles is 1. The van der Waals surface area contributed by atoms with E-state index < -0.39 is 16.0 Å². The van der Waals surface area contributed by atoms with Crippen LogP contribution < -0.4 is 10.6 Å². The number of nitrogens with one attached hydrogen (secondary N) is 2. The molecule has 2 rings (SSSR count). The van der Waals surface area contributed by atoms with Crippen molar-refractivity contribution in [2.45, 2.75) is 18.7 Å². The zero-order valence-electron chi connectivity index (χ0n) is 14.1. The first-order valence-corrected chi connectivity index (χ1v) is 8.98. The molecule has 0 spiro atoms. The highest BCUT2D eigenvalue weighted by Gasteiger charge is 2.12. The minimum atomic E-state index is -4.30. The summed E-state index contributed by atoms with van der Waals surface area (Å²) in [5, 5.41) is 14.7. The first-order chi connectivity index (χ1) is 12.2. The first kappa shape index (κ1) is 19.2. The fourth-order valence-electron chi connectivity index (χ4n) is 2.24. The molecule has 0 atom stereocenters. The van der Waals surface area contributed by atoms with Crippen molar-refractivity contribution in [2.24, 2.45) is 0 Å². The Morgan fingerprint density at radius 1 is 1.12 bits per heavy atom. The maximum atomic E-state index is 12.2. The van der Waals surface area contributed by atoms with Gasteiger partial charge in [0.25, 0.3) is 16.0 Å². The Morgan fingerprint density at radius 2 is 1.69 bits per heavy atom. The number of nitrogens with zero attached hydrogens (tertiary/aromatic N) is 1. The molecular weight excluding hydrogens is 354 g/mol. The molecule has 2 aromatic carbocycles. The van der Waals surface area contributed by atoms with Gasteiger partial charge in [-0.25, -0.2) is 0 Å². The maximum absolute atomic E-state index is 12.2. The normalized spacial score (nSPS) is 11.5. The van der Waals surface area contributed by atoms with Crippen LogP contribution in [0.15, 0.2) is 59.1 Å². The van der Waals surface area contributed by atoms with Crippen molar-refractivity contribution in [3.8, 4) is 6.07 Å². The average molecular weight is 371 g/mol. The van der Waals surface area contributed by atoms with Crippen molar-refractivity contribution in [1.29, 1.82) is 5.26 Å². The van der Waals surface area contributed by atoms with Gasteiger partial charge in [0, 0.05) is 17.6 Å². The Labute approximate surface area is 151 Å². The van der Waals surface area contributed by atoms with Gasteiger partial charge >= 0.3 is 0 Å². The van der Waals surface area contributed by atoms with Gasteiger partial charge in [-0.3, -0.25) is 9.35 Å². The van der Waals surface area contributed by atoms with Crippen LogP contribution in [0.4, 0.5) is 11.4 Å². The van der Waals surface area contributed by atoms with Crippen LogP contribution in [-0.2, 0) is 14.9 Å². The van der Waals surface area contributed by atoms with Gasteiger partial charge in [-0.05, 0) is 49.2 Å². The van der Waals surface area contributed by atoms with E-state index in [0.29, 0.717) is 0 Å². The van der Waals surface area contributed by atoms with E-state index in [2.05, 4.69) is 10.6 Å². The molecule has 7 nitrogen and oxygen atoms in total. The number of hydrogen-bond donors (Lipinski definition) is 3. The second-order valence-electron chi connectivity index (χ2n) is 5.53. The summed E-state index contributed by atoms with van der Waals surface area (Å²) >= 11 is 0. The monoisotopic (exact) mass is 371 g/mol. The third kappa shape index (κ3) is 4.69. The molecule has 1 amide bonds. The number of benzene rings is 2.